The fourth-order valence-corrected chi connectivity index (χ4v) is 2.71. The highest BCUT2D eigenvalue weighted by Crippen LogP contribution is 2.28. The maximum Gasteiger partial charge on any atom is 0.225 e. The molecule has 4 heteroatoms. The van der Waals surface area contributed by atoms with Crippen LogP contribution in [-0.2, 0) is 9.53 Å². The summed E-state index contributed by atoms with van der Waals surface area (Å²) in [6, 6.07) is 1.03. The smallest absolute Gasteiger partial charge is 0.225 e. The van der Waals surface area contributed by atoms with Gasteiger partial charge in [-0.05, 0) is 38.6 Å². The lowest BCUT2D eigenvalue weighted by molar-refractivity contribution is -0.133. The third-order valence-electron chi connectivity index (χ3n) is 3.95. The average molecular weight is 268 g/mol. The number of hydrogen-bond donors (Lipinski definition) is 1. The number of nitrogens with one attached hydrogen (secondary N) is 1. The predicted octanol–water partition coefficient (Wildman–Crippen LogP) is 1.94. The molecule has 1 unspecified atom stereocenters. The van der Waals surface area contributed by atoms with Gasteiger partial charge in [-0.25, -0.2) is 0 Å². The van der Waals surface area contributed by atoms with Crippen molar-refractivity contribution in [2.45, 2.75) is 64.0 Å². The van der Waals surface area contributed by atoms with Crippen molar-refractivity contribution in [1.29, 1.82) is 0 Å². The Bertz CT molecular complexity index is 273. The zero-order chi connectivity index (χ0) is 13.5. The summed E-state index contributed by atoms with van der Waals surface area (Å²) < 4.78 is 5.43. The topological polar surface area (TPSA) is 41.6 Å². The first-order chi connectivity index (χ1) is 9.31. The van der Waals surface area contributed by atoms with Gasteiger partial charge in [0.1, 0.15) is 0 Å². The fourth-order valence-electron chi connectivity index (χ4n) is 2.71. The molecule has 2 rings (SSSR count). The zero-order valence-corrected chi connectivity index (χ0v) is 12.2. The van der Waals surface area contributed by atoms with E-state index in [1.807, 2.05) is 0 Å². The van der Waals surface area contributed by atoms with Crippen LogP contribution in [-0.4, -0.2) is 49.2 Å². The minimum Gasteiger partial charge on any atom is -0.381 e. The molecule has 0 aromatic heterocycles. The summed E-state index contributed by atoms with van der Waals surface area (Å²) in [5.41, 5.74) is 0. The van der Waals surface area contributed by atoms with E-state index < -0.39 is 0 Å². The van der Waals surface area contributed by atoms with E-state index in [1.54, 1.807) is 0 Å². The molecule has 1 aliphatic heterocycles. The van der Waals surface area contributed by atoms with Crippen LogP contribution in [0.15, 0.2) is 0 Å². The van der Waals surface area contributed by atoms with Crippen molar-refractivity contribution in [2.24, 2.45) is 0 Å². The number of hydrogen-bond acceptors (Lipinski definition) is 3. The van der Waals surface area contributed by atoms with E-state index in [2.05, 4.69) is 17.1 Å². The van der Waals surface area contributed by atoms with Crippen molar-refractivity contribution in [1.82, 2.24) is 10.2 Å². The quantitative estimate of drug-likeness (QED) is 0.684. The third kappa shape index (κ3) is 5.11. The lowest BCUT2D eigenvalue weighted by Gasteiger charge is -2.31. The molecular weight excluding hydrogens is 240 g/mol. The van der Waals surface area contributed by atoms with Crippen molar-refractivity contribution >= 4 is 5.91 Å². The van der Waals surface area contributed by atoms with Crippen LogP contribution in [0.4, 0.5) is 0 Å². The van der Waals surface area contributed by atoms with E-state index in [0.29, 0.717) is 25.1 Å². The lowest BCUT2D eigenvalue weighted by atomic mass is 10.0. The van der Waals surface area contributed by atoms with Gasteiger partial charge in [0.15, 0.2) is 0 Å². The number of carbonyl (C=O) groups is 1. The summed E-state index contributed by atoms with van der Waals surface area (Å²) in [5.74, 6) is 0.283. The fraction of sp³-hybridized carbons (Fsp3) is 0.933. The van der Waals surface area contributed by atoms with E-state index >= 15 is 0 Å². The molecule has 1 aliphatic carbocycles. The van der Waals surface area contributed by atoms with Crippen LogP contribution >= 0.6 is 0 Å². The molecule has 19 heavy (non-hydrogen) atoms. The van der Waals surface area contributed by atoms with Crippen LogP contribution < -0.4 is 5.32 Å². The SMILES string of the molecule is CCCOCCC(=O)N(CC1CCCCN1)C1CC1. The van der Waals surface area contributed by atoms with Crippen molar-refractivity contribution in [3.63, 3.8) is 0 Å². The number of amides is 1. The Morgan fingerprint density at radius 3 is 2.74 bits per heavy atom. The molecule has 110 valence electrons. The maximum atomic E-state index is 12.3. The van der Waals surface area contributed by atoms with Crippen LogP contribution in [0.2, 0.25) is 0 Å². The predicted molar refractivity (Wildman–Crippen MR) is 76.1 cm³/mol. The number of piperidine rings is 1. The van der Waals surface area contributed by atoms with E-state index in [0.717, 1.165) is 26.1 Å². The summed E-state index contributed by atoms with van der Waals surface area (Å²) in [5, 5.41) is 3.54. The molecule has 1 atom stereocenters. The van der Waals surface area contributed by atoms with E-state index in [-0.39, 0.29) is 5.91 Å². The zero-order valence-electron chi connectivity index (χ0n) is 12.2. The standard InChI is InChI=1S/C15H28N2O2/c1-2-10-19-11-8-15(18)17(14-6-7-14)12-13-5-3-4-9-16-13/h13-14,16H,2-12H2,1H3. The molecule has 0 aromatic carbocycles. The summed E-state index contributed by atoms with van der Waals surface area (Å²) in [4.78, 5) is 14.4. The highest BCUT2D eigenvalue weighted by Gasteiger charge is 2.33. The van der Waals surface area contributed by atoms with Gasteiger partial charge in [0.2, 0.25) is 5.91 Å². The largest absolute Gasteiger partial charge is 0.381 e. The van der Waals surface area contributed by atoms with Crippen molar-refractivity contribution in [3.05, 3.63) is 0 Å². The maximum absolute atomic E-state index is 12.3. The highest BCUT2D eigenvalue weighted by molar-refractivity contribution is 5.77. The van der Waals surface area contributed by atoms with Crippen molar-refractivity contribution in [2.75, 3.05) is 26.3 Å². The molecule has 4 nitrogen and oxygen atoms in total. The molecule has 0 bridgehead atoms. The average Bonchev–Trinajstić information content (AvgIpc) is 3.26. The van der Waals surface area contributed by atoms with Gasteiger partial charge in [-0.1, -0.05) is 13.3 Å². The Hall–Kier alpha value is -0.610. The van der Waals surface area contributed by atoms with E-state index in [1.165, 1.54) is 32.1 Å². The number of carbonyl (C=O) groups excluding carboxylic acids is 1. The van der Waals surface area contributed by atoms with Gasteiger partial charge in [0.05, 0.1) is 13.0 Å². The Labute approximate surface area is 116 Å². The van der Waals surface area contributed by atoms with Gasteiger partial charge in [0, 0.05) is 25.2 Å². The second-order valence-corrected chi connectivity index (χ2v) is 5.79. The van der Waals surface area contributed by atoms with E-state index in [9.17, 15) is 4.79 Å². The Kier molecular flexibility index (Phi) is 6.11. The first kappa shape index (κ1) is 14.8. The second kappa shape index (κ2) is 7.85. The van der Waals surface area contributed by atoms with Gasteiger partial charge in [-0.2, -0.15) is 0 Å². The first-order valence-corrected chi connectivity index (χ1v) is 7.92. The molecule has 1 saturated carbocycles. The second-order valence-electron chi connectivity index (χ2n) is 5.79. The third-order valence-corrected chi connectivity index (χ3v) is 3.95. The molecule has 1 saturated heterocycles. The van der Waals surface area contributed by atoms with Crippen molar-refractivity contribution < 1.29 is 9.53 Å². The van der Waals surface area contributed by atoms with Gasteiger partial charge < -0.3 is 15.0 Å². The number of nitrogens with zero attached hydrogens (tertiary/aromatic N) is 1. The molecule has 1 amide bonds. The molecule has 0 radical (unpaired) electrons. The molecule has 2 aliphatic rings. The minimum atomic E-state index is 0.283. The summed E-state index contributed by atoms with van der Waals surface area (Å²) in [6.45, 7) is 5.44. The summed E-state index contributed by atoms with van der Waals surface area (Å²) >= 11 is 0. The van der Waals surface area contributed by atoms with Gasteiger partial charge >= 0.3 is 0 Å². The van der Waals surface area contributed by atoms with Gasteiger partial charge in [-0.15, -0.1) is 0 Å². The summed E-state index contributed by atoms with van der Waals surface area (Å²) in [6.07, 6.45) is 7.73. The van der Waals surface area contributed by atoms with Crippen LogP contribution in [0.3, 0.4) is 0 Å². The van der Waals surface area contributed by atoms with Gasteiger partial charge in [0.25, 0.3) is 0 Å². The first-order valence-electron chi connectivity index (χ1n) is 7.92. The number of ether oxygens (including phenoxy) is 1. The molecular formula is C15H28N2O2. The van der Waals surface area contributed by atoms with Crippen LogP contribution in [0.25, 0.3) is 0 Å². The highest BCUT2D eigenvalue weighted by atomic mass is 16.5. The molecule has 2 fully saturated rings. The van der Waals surface area contributed by atoms with Crippen molar-refractivity contribution in [3.8, 4) is 0 Å². The molecule has 0 spiro atoms. The minimum absolute atomic E-state index is 0.283. The van der Waals surface area contributed by atoms with Crippen LogP contribution in [0.1, 0.15) is 51.9 Å². The molecule has 1 N–H and O–H groups in total. The Morgan fingerprint density at radius 2 is 2.11 bits per heavy atom. The normalized spacial score (nSPS) is 23.3. The lowest BCUT2D eigenvalue weighted by Crippen LogP contribution is -2.46. The monoisotopic (exact) mass is 268 g/mol. The van der Waals surface area contributed by atoms with Crippen LogP contribution in [0, 0.1) is 0 Å². The van der Waals surface area contributed by atoms with Crippen LogP contribution in [0.5, 0.6) is 0 Å². The summed E-state index contributed by atoms with van der Waals surface area (Å²) in [7, 11) is 0. The number of rotatable bonds is 8. The molecule has 0 aromatic rings. The van der Waals surface area contributed by atoms with E-state index in [4.69, 9.17) is 4.74 Å². The van der Waals surface area contributed by atoms with Gasteiger partial charge in [-0.3, -0.25) is 4.79 Å². The Morgan fingerprint density at radius 1 is 1.26 bits per heavy atom. The Balaban J connectivity index is 1.73. The molecule has 1 heterocycles.